The summed E-state index contributed by atoms with van der Waals surface area (Å²) in [7, 11) is 0. The van der Waals surface area contributed by atoms with Crippen LogP contribution >= 0.6 is 0 Å². The SMILES string of the molecule is c1ccc(-c2nc(-c3ccc4c(c3)oc3c(-c5ccc6c(c5)c5ccccc5n6-c5ccccc5)cccc34)nc(-c3cccc4oc5ccccc5c34)n2)cc1. The minimum atomic E-state index is 0.562. The smallest absolute Gasteiger partial charge is 0.164 e. The van der Waals surface area contributed by atoms with E-state index in [1.165, 1.54) is 16.3 Å². The van der Waals surface area contributed by atoms with Crippen molar-refractivity contribution < 1.29 is 8.83 Å². The summed E-state index contributed by atoms with van der Waals surface area (Å²) >= 11 is 0. The van der Waals surface area contributed by atoms with Crippen LogP contribution in [0.25, 0.3) is 117 Å². The second kappa shape index (κ2) is 12.3. The van der Waals surface area contributed by atoms with E-state index >= 15 is 0 Å². The average molecular weight is 731 g/mol. The lowest BCUT2D eigenvalue weighted by Gasteiger charge is -2.09. The first-order valence-electron chi connectivity index (χ1n) is 19.0. The molecule has 0 bridgehead atoms. The molecule has 0 radical (unpaired) electrons. The summed E-state index contributed by atoms with van der Waals surface area (Å²) in [5, 5.41) is 6.49. The molecule has 0 unspecified atom stereocenters. The van der Waals surface area contributed by atoms with Gasteiger partial charge in [0, 0.05) is 60.3 Å². The molecule has 0 saturated carbocycles. The number of furan rings is 2. The Hall–Kier alpha value is -7.83. The predicted octanol–water partition coefficient (Wildman–Crippen LogP) is 13.4. The summed E-state index contributed by atoms with van der Waals surface area (Å²) in [6.07, 6.45) is 0. The lowest BCUT2D eigenvalue weighted by Crippen LogP contribution is -2.00. The van der Waals surface area contributed by atoms with Gasteiger partial charge in [0.05, 0.1) is 11.0 Å². The van der Waals surface area contributed by atoms with E-state index in [4.69, 9.17) is 23.8 Å². The van der Waals surface area contributed by atoms with Crippen molar-refractivity contribution in [2.45, 2.75) is 0 Å². The Morgan fingerprint density at radius 1 is 0.351 bits per heavy atom. The van der Waals surface area contributed by atoms with Crippen molar-refractivity contribution in [2.24, 2.45) is 0 Å². The molecule has 0 N–H and O–H groups in total. The van der Waals surface area contributed by atoms with Crippen LogP contribution in [-0.2, 0) is 0 Å². The van der Waals surface area contributed by atoms with Gasteiger partial charge in [0.15, 0.2) is 17.5 Å². The highest BCUT2D eigenvalue weighted by atomic mass is 16.3. The zero-order chi connectivity index (χ0) is 37.5. The van der Waals surface area contributed by atoms with Crippen molar-refractivity contribution in [3.63, 3.8) is 0 Å². The van der Waals surface area contributed by atoms with E-state index in [0.717, 1.165) is 82.9 Å². The maximum Gasteiger partial charge on any atom is 0.164 e. The third kappa shape index (κ3) is 4.94. The van der Waals surface area contributed by atoms with E-state index in [2.05, 4.69) is 126 Å². The molecule has 0 saturated heterocycles. The normalized spacial score (nSPS) is 11.9. The molecule has 0 spiro atoms. The van der Waals surface area contributed by atoms with Crippen LogP contribution in [0, 0.1) is 0 Å². The van der Waals surface area contributed by atoms with Gasteiger partial charge in [0.25, 0.3) is 0 Å². The van der Waals surface area contributed by atoms with Crippen molar-refractivity contribution in [1.29, 1.82) is 0 Å². The first-order chi connectivity index (χ1) is 28.2. The van der Waals surface area contributed by atoms with Gasteiger partial charge in [-0.25, -0.2) is 15.0 Å². The fourth-order valence-corrected chi connectivity index (χ4v) is 8.46. The Labute approximate surface area is 325 Å². The minimum Gasteiger partial charge on any atom is -0.456 e. The molecule has 6 heteroatoms. The zero-order valence-electron chi connectivity index (χ0n) is 30.4. The highest BCUT2D eigenvalue weighted by Crippen LogP contribution is 2.41. The molecule has 0 aliphatic heterocycles. The third-order valence-electron chi connectivity index (χ3n) is 11.1. The number of hydrogen-bond acceptors (Lipinski definition) is 5. The molecule has 0 amide bonds. The summed E-state index contributed by atoms with van der Waals surface area (Å²) < 4.78 is 15.4. The largest absolute Gasteiger partial charge is 0.456 e. The number of hydrogen-bond donors (Lipinski definition) is 0. The van der Waals surface area contributed by atoms with Gasteiger partial charge in [-0.3, -0.25) is 0 Å². The summed E-state index contributed by atoms with van der Waals surface area (Å²) in [4.78, 5) is 15.2. The average Bonchev–Trinajstić information content (AvgIpc) is 3.96. The molecule has 4 aromatic heterocycles. The van der Waals surface area contributed by atoms with E-state index in [1.54, 1.807) is 0 Å². The van der Waals surface area contributed by atoms with Gasteiger partial charge in [-0.1, -0.05) is 127 Å². The predicted molar refractivity (Wildman–Crippen MR) is 230 cm³/mol. The molecular formula is C51H30N4O2. The number of benzene rings is 8. The molecule has 0 aliphatic carbocycles. The van der Waals surface area contributed by atoms with Gasteiger partial charge in [-0.2, -0.15) is 0 Å². The summed E-state index contributed by atoms with van der Waals surface area (Å²) in [6, 6.07) is 62.7. The molecule has 4 heterocycles. The van der Waals surface area contributed by atoms with Crippen LogP contribution in [0.2, 0.25) is 0 Å². The quantitative estimate of drug-likeness (QED) is 0.176. The number of para-hydroxylation sites is 4. The number of nitrogens with zero attached hydrogens (tertiary/aromatic N) is 4. The second-order valence-corrected chi connectivity index (χ2v) is 14.4. The van der Waals surface area contributed by atoms with E-state index in [1.807, 2.05) is 60.7 Å². The van der Waals surface area contributed by atoms with Crippen LogP contribution in [0.3, 0.4) is 0 Å². The van der Waals surface area contributed by atoms with Crippen LogP contribution in [-0.4, -0.2) is 19.5 Å². The van der Waals surface area contributed by atoms with Gasteiger partial charge in [0.1, 0.15) is 22.3 Å². The van der Waals surface area contributed by atoms with Crippen molar-refractivity contribution >= 4 is 65.7 Å². The monoisotopic (exact) mass is 730 g/mol. The van der Waals surface area contributed by atoms with E-state index in [-0.39, 0.29) is 0 Å². The van der Waals surface area contributed by atoms with Crippen LogP contribution in [0.15, 0.2) is 191 Å². The summed E-state index contributed by atoms with van der Waals surface area (Å²) in [5.74, 6) is 1.73. The van der Waals surface area contributed by atoms with Crippen molar-refractivity contribution in [3.05, 3.63) is 182 Å². The maximum atomic E-state index is 6.81. The maximum absolute atomic E-state index is 6.81. The lowest BCUT2D eigenvalue weighted by atomic mass is 10.00. The highest BCUT2D eigenvalue weighted by Gasteiger charge is 2.20. The topological polar surface area (TPSA) is 69.9 Å². The molecule has 0 atom stereocenters. The lowest BCUT2D eigenvalue weighted by molar-refractivity contribution is 0.669. The van der Waals surface area contributed by atoms with Crippen LogP contribution in [0.4, 0.5) is 0 Å². The summed E-state index contributed by atoms with van der Waals surface area (Å²) in [5.41, 5.74) is 11.5. The van der Waals surface area contributed by atoms with Crippen LogP contribution in [0.5, 0.6) is 0 Å². The van der Waals surface area contributed by atoms with Gasteiger partial charge in [-0.15, -0.1) is 0 Å². The standard InChI is InChI=1S/C51H30N4O2/c1-3-13-31(14-4-1)49-52-50(54-51(53-49)40-21-12-24-45-47(40)39-18-8-10-23-44(39)56-45)33-25-27-37-38-20-11-19-35(48(38)57-46(37)30-33)32-26-28-43-41(29-32)36-17-7-9-22-42(36)55(43)34-15-5-2-6-16-34/h1-30H. The molecule has 8 aromatic carbocycles. The van der Waals surface area contributed by atoms with Crippen molar-refractivity contribution in [2.75, 3.05) is 0 Å². The molecule has 6 nitrogen and oxygen atoms in total. The summed E-state index contributed by atoms with van der Waals surface area (Å²) in [6.45, 7) is 0. The molecule has 0 aliphatic rings. The van der Waals surface area contributed by atoms with Crippen molar-refractivity contribution in [1.82, 2.24) is 19.5 Å². The first-order valence-corrected chi connectivity index (χ1v) is 19.0. The third-order valence-corrected chi connectivity index (χ3v) is 11.1. The zero-order valence-corrected chi connectivity index (χ0v) is 30.4. The number of rotatable bonds is 5. The minimum absolute atomic E-state index is 0.562. The first kappa shape index (κ1) is 31.5. The molecule has 266 valence electrons. The van der Waals surface area contributed by atoms with E-state index in [0.29, 0.717) is 17.5 Å². The molecule has 0 fully saturated rings. The Balaban J connectivity index is 1.02. The van der Waals surface area contributed by atoms with Gasteiger partial charge >= 0.3 is 0 Å². The molecule has 57 heavy (non-hydrogen) atoms. The Bertz CT molecular complexity index is 3530. The van der Waals surface area contributed by atoms with Gasteiger partial charge in [0.2, 0.25) is 0 Å². The number of aromatic nitrogens is 4. The van der Waals surface area contributed by atoms with Gasteiger partial charge in [-0.05, 0) is 60.2 Å². The Morgan fingerprint density at radius 2 is 1.00 bits per heavy atom. The fraction of sp³-hybridized carbons (Fsp3) is 0. The van der Waals surface area contributed by atoms with Crippen molar-refractivity contribution in [3.8, 4) is 51.0 Å². The second-order valence-electron chi connectivity index (χ2n) is 14.4. The van der Waals surface area contributed by atoms with Gasteiger partial charge < -0.3 is 13.4 Å². The Morgan fingerprint density at radius 3 is 1.88 bits per heavy atom. The molecular weight excluding hydrogens is 701 g/mol. The number of fused-ring (bicyclic) bond motifs is 9. The highest BCUT2D eigenvalue weighted by molar-refractivity contribution is 6.14. The molecule has 12 rings (SSSR count). The van der Waals surface area contributed by atoms with Crippen LogP contribution < -0.4 is 0 Å². The Kier molecular flexibility index (Phi) is 6.83. The van der Waals surface area contributed by atoms with E-state index < -0.39 is 0 Å². The van der Waals surface area contributed by atoms with E-state index in [9.17, 15) is 0 Å². The molecule has 12 aromatic rings. The fourth-order valence-electron chi connectivity index (χ4n) is 8.46. The van der Waals surface area contributed by atoms with Crippen LogP contribution in [0.1, 0.15) is 0 Å².